The molecule has 122 valence electrons. The number of thiophene rings is 1. The molecule has 0 atom stereocenters. The lowest BCUT2D eigenvalue weighted by Gasteiger charge is -2.08. The van der Waals surface area contributed by atoms with Gasteiger partial charge in [-0.25, -0.2) is 0 Å². The molecule has 2 aromatic heterocycles. The van der Waals surface area contributed by atoms with E-state index in [0.29, 0.717) is 12.3 Å². The molecule has 0 radical (unpaired) electrons. The van der Waals surface area contributed by atoms with Crippen molar-refractivity contribution >= 4 is 17.2 Å². The number of hydrogen-bond donors (Lipinski definition) is 1. The molecular formula is C19H18N2O2S. The van der Waals surface area contributed by atoms with Crippen LogP contribution in [0, 0.1) is 6.92 Å². The van der Waals surface area contributed by atoms with E-state index in [1.54, 1.807) is 17.5 Å². The highest BCUT2D eigenvalue weighted by Crippen LogP contribution is 2.20. The summed E-state index contributed by atoms with van der Waals surface area (Å²) in [7, 11) is 0. The molecule has 0 aliphatic rings. The molecule has 5 heteroatoms. The van der Waals surface area contributed by atoms with E-state index in [9.17, 15) is 4.79 Å². The molecule has 0 fully saturated rings. The molecule has 0 saturated carbocycles. The highest BCUT2D eigenvalue weighted by Gasteiger charge is 2.05. The van der Waals surface area contributed by atoms with E-state index in [4.69, 9.17) is 4.74 Å². The van der Waals surface area contributed by atoms with Crippen molar-refractivity contribution in [3.05, 3.63) is 70.5 Å². The van der Waals surface area contributed by atoms with Gasteiger partial charge in [-0.15, -0.1) is 0 Å². The highest BCUT2D eigenvalue weighted by atomic mass is 32.1. The first kappa shape index (κ1) is 16.2. The minimum Gasteiger partial charge on any atom is -0.484 e. The summed E-state index contributed by atoms with van der Waals surface area (Å²) in [6.07, 6.45) is 1.76. The Morgan fingerprint density at radius 2 is 2.17 bits per heavy atom. The van der Waals surface area contributed by atoms with Gasteiger partial charge in [-0.3, -0.25) is 9.78 Å². The summed E-state index contributed by atoms with van der Waals surface area (Å²) in [6.45, 7) is 2.45. The van der Waals surface area contributed by atoms with E-state index >= 15 is 0 Å². The van der Waals surface area contributed by atoms with Crippen molar-refractivity contribution in [2.75, 3.05) is 6.61 Å². The van der Waals surface area contributed by atoms with Crippen LogP contribution in [0.15, 0.2) is 59.4 Å². The van der Waals surface area contributed by atoms with Crippen LogP contribution in [-0.2, 0) is 11.3 Å². The molecule has 3 rings (SSSR count). The van der Waals surface area contributed by atoms with Gasteiger partial charge in [0.2, 0.25) is 0 Å². The Hall–Kier alpha value is -2.66. The number of carbonyl (C=O) groups is 1. The summed E-state index contributed by atoms with van der Waals surface area (Å²) >= 11 is 1.64. The van der Waals surface area contributed by atoms with Crippen LogP contribution in [0.1, 0.15) is 11.1 Å². The minimum atomic E-state index is -0.148. The van der Waals surface area contributed by atoms with E-state index in [1.807, 2.05) is 54.8 Å². The number of hydrogen-bond acceptors (Lipinski definition) is 4. The summed E-state index contributed by atoms with van der Waals surface area (Å²) in [5, 5.41) is 6.95. The Labute approximate surface area is 145 Å². The van der Waals surface area contributed by atoms with Gasteiger partial charge >= 0.3 is 0 Å². The van der Waals surface area contributed by atoms with Crippen molar-refractivity contribution in [2.24, 2.45) is 0 Å². The van der Waals surface area contributed by atoms with Crippen LogP contribution < -0.4 is 10.1 Å². The van der Waals surface area contributed by atoms with Gasteiger partial charge < -0.3 is 10.1 Å². The van der Waals surface area contributed by atoms with Gasteiger partial charge in [0.05, 0.1) is 5.69 Å². The molecule has 0 spiro atoms. The summed E-state index contributed by atoms with van der Waals surface area (Å²) in [6, 6.07) is 13.6. The minimum absolute atomic E-state index is 0.00588. The molecule has 0 aliphatic carbocycles. The SMILES string of the molecule is Cc1cccc(OCC(=O)NCc2ccnc(-c3ccsc3)c2)c1. The average Bonchev–Trinajstić information content (AvgIpc) is 3.13. The number of aromatic nitrogens is 1. The number of aryl methyl sites for hydroxylation is 1. The van der Waals surface area contributed by atoms with Gasteiger partial charge in [0, 0.05) is 23.7 Å². The molecule has 0 bridgehead atoms. The quantitative estimate of drug-likeness (QED) is 0.743. The fourth-order valence-electron chi connectivity index (χ4n) is 2.26. The molecule has 3 aromatic rings. The van der Waals surface area contributed by atoms with Gasteiger partial charge in [0.25, 0.3) is 5.91 Å². The third-order valence-electron chi connectivity index (χ3n) is 3.49. The maximum Gasteiger partial charge on any atom is 0.258 e. The summed E-state index contributed by atoms with van der Waals surface area (Å²) < 4.78 is 5.50. The fraction of sp³-hybridized carbons (Fsp3) is 0.158. The number of nitrogens with one attached hydrogen (secondary N) is 1. The first-order valence-electron chi connectivity index (χ1n) is 7.64. The number of nitrogens with zero attached hydrogens (tertiary/aromatic N) is 1. The number of pyridine rings is 1. The molecule has 0 aliphatic heterocycles. The molecule has 0 saturated heterocycles. The summed E-state index contributed by atoms with van der Waals surface area (Å²) in [5.74, 6) is 0.555. The van der Waals surface area contributed by atoms with E-state index < -0.39 is 0 Å². The Morgan fingerprint density at radius 3 is 2.96 bits per heavy atom. The van der Waals surface area contributed by atoms with Crippen LogP contribution >= 0.6 is 11.3 Å². The zero-order valence-electron chi connectivity index (χ0n) is 13.4. The Bertz CT molecular complexity index is 816. The van der Waals surface area contributed by atoms with Gasteiger partial charge in [0.1, 0.15) is 5.75 Å². The second kappa shape index (κ2) is 7.75. The van der Waals surface area contributed by atoms with Gasteiger partial charge in [-0.2, -0.15) is 11.3 Å². The van der Waals surface area contributed by atoms with Gasteiger partial charge in [0.15, 0.2) is 6.61 Å². The van der Waals surface area contributed by atoms with Crippen molar-refractivity contribution in [2.45, 2.75) is 13.5 Å². The predicted octanol–water partition coefficient (Wildman–Crippen LogP) is 3.81. The standard InChI is InChI=1S/C19H18N2O2S/c1-14-3-2-4-17(9-14)23-12-19(22)21-11-15-5-7-20-18(10-15)16-6-8-24-13-16/h2-10,13H,11-12H2,1H3,(H,21,22). The third kappa shape index (κ3) is 4.43. The maximum absolute atomic E-state index is 11.9. The molecule has 1 amide bonds. The van der Waals surface area contributed by atoms with Crippen LogP contribution in [0.2, 0.25) is 0 Å². The average molecular weight is 338 g/mol. The lowest BCUT2D eigenvalue weighted by molar-refractivity contribution is -0.123. The molecule has 1 N–H and O–H groups in total. The van der Waals surface area contributed by atoms with Crippen molar-refractivity contribution in [1.82, 2.24) is 10.3 Å². The number of ether oxygens (including phenoxy) is 1. The monoisotopic (exact) mass is 338 g/mol. The maximum atomic E-state index is 11.9. The summed E-state index contributed by atoms with van der Waals surface area (Å²) in [4.78, 5) is 16.3. The smallest absolute Gasteiger partial charge is 0.258 e. The summed E-state index contributed by atoms with van der Waals surface area (Å²) in [5.41, 5.74) is 4.12. The van der Waals surface area contributed by atoms with E-state index in [2.05, 4.69) is 15.7 Å². The first-order chi connectivity index (χ1) is 11.7. The molecule has 1 aromatic carbocycles. The van der Waals surface area contributed by atoms with Crippen LogP contribution in [0.5, 0.6) is 5.75 Å². The van der Waals surface area contributed by atoms with Crippen LogP contribution in [0.4, 0.5) is 0 Å². The molecule has 0 unspecified atom stereocenters. The topological polar surface area (TPSA) is 51.2 Å². The second-order valence-corrected chi connectivity index (χ2v) is 6.22. The highest BCUT2D eigenvalue weighted by molar-refractivity contribution is 7.08. The molecule has 24 heavy (non-hydrogen) atoms. The van der Waals surface area contributed by atoms with Crippen LogP contribution in [-0.4, -0.2) is 17.5 Å². The largest absolute Gasteiger partial charge is 0.484 e. The van der Waals surface area contributed by atoms with Crippen molar-refractivity contribution in [1.29, 1.82) is 0 Å². The lowest BCUT2D eigenvalue weighted by atomic mass is 10.1. The predicted molar refractivity (Wildman–Crippen MR) is 96.1 cm³/mol. The zero-order valence-corrected chi connectivity index (χ0v) is 14.2. The second-order valence-electron chi connectivity index (χ2n) is 5.44. The van der Waals surface area contributed by atoms with Crippen LogP contribution in [0.25, 0.3) is 11.3 Å². The number of amides is 1. The molecule has 2 heterocycles. The van der Waals surface area contributed by atoms with Gasteiger partial charge in [-0.05, 0) is 53.8 Å². The van der Waals surface area contributed by atoms with E-state index in [-0.39, 0.29) is 12.5 Å². The number of carbonyl (C=O) groups excluding carboxylic acids is 1. The van der Waals surface area contributed by atoms with Gasteiger partial charge in [-0.1, -0.05) is 12.1 Å². The van der Waals surface area contributed by atoms with Crippen molar-refractivity contribution in [3.63, 3.8) is 0 Å². The number of rotatable bonds is 6. The Balaban J connectivity index is 1.52. The zero-order chi connectivity index (χ0) is 16.8. The van der Waals surface area contributed by atoms with Crippen LogP contribution in [0.3, 0.4) is 0 Å². The van der Waals surface area contributed by atoms with E-state index in [1.165, 1.54) is 0 Å². The lowest BCUT2D eigenvalue weighted by Crippen LogP contribution is -2.28. The molecule has 4 nitrogen and oxygen atoms in total. The van der Waals surface area contributed by atoms with E-state index in [0.717, 1.165) is 22.4 Å². The number of benzene rings is 1. The van der Waals surface area contributed by atoms with Crippen molar-refractivity contribution in [3.8, 4) is 17.0 Å². The third-order valence-corrected chi connectivity index (χ3v) is 4.17. The van der Waals surface area contributed by atoms with Crippen molar-refractivity contribution < 1.29 is 9.53 Å². The fourth-order valence-corrected chi connectivity index (χ4v) is 2.91. The normalized spacial score (nSPS) is 10.4. The first-order valence-corrected chi connectivity index (χ1v) is 8.59. The Morgan fingerprint density at radius 1 is 1.25 bits per heavy atom. The molecular weight excluding hydrogens is 320 g/mol. The Kier molecular flexibility index (Phi) is 5.23.